The molecule has 0 N–H and O–H groups in total. The summed E-state index contributed by atoms with van der Waals surface area (Å²) in [7, 11) is 0. The predicted molar refractivity (Wildman–Crippen MR) is 27.9 cm³/mol. The normalized spacial score (nSPS) is 81.0. The molecule has 0 amide bonds. The van der Waals surface area contributed by atoms with E-state index in [2.05, 4.69) is 6.92 Å². The van der Waals surface area contributed by atoms with Gasteiger partial charge in [-0.2, -0.15) is 0 Å². The SMILES string of the molecule is CC1CC23CC12C3. The molecule has 3 saturated carbocycles. The highest BCUT2D eigenvalue weighted by Crippen LogP contribution is 2.99. The molecule has 3 aliphatic carbocycles. The summed E-state index contributed by atoms with van der Waals surface area (Å²) in [4.78, 5) is 0. The summed E-state index contributed by atoms with van der Waals surface area (Å²) in [6, 6.07) is 0. The lowest BCUT2D eigenvalue weighted by atomic mass is 9.87. The van der Waals surface area contributed by atoms with Gasteiger partial charge in [0.2, 0.25) is 0 Å². The highest BCUT2D eigenvalue weighted by atomic mass is 14.9. The van der Waals surface area contributed by atoms with Crippen molar-refractivity contribution in [3.8, 4) is 0 Å². The van der Waals surface area contributed by atoms with Crippen molar-refractivity contribution in [3.63, 3.8) is 0 Å². The Hall–Kier alpha value is 0. The average Bonchev–Trinajstić information content (AvgIpc) is 2.15. The molecule has 1 unspecified atom stereocenters. The molecule has 38 valence electrons. The molecule has 3 aliphatic rings. The van der Waals surface area contributed by atoms with Crippen LogP contribution in [0.1, 0.15) is 26.2 Å². The number of rotatable bonds is 0. The fourth-order valence-corrected chi connectivity index (χ4v) is 2.94. The van der Waals surface area contributed by atoms with E-state index in [1.165, 1.54) is 0 Å². The topological polar surface area (TPSA) is 0 Å². The summed E-state index contributed by atoms with van der Waals surface area (Å²) < 4.78 is 0. The molecule has 0 heterocycles. The molecule has 0 radical (unpaired) electrons. The summed E-state index contributed by atoms with van der Waals surface area (Å²) in [6.07, 6.45) is 4.80. The van der Waals surface area contributed by atoms with Gasteiger partial charge in [0, 0.05) is 0 Å². The van der Waals surface area contributed by atoms with E-state index >= 15 is 0 Å². The van der Waals surface area contributed by atoms with Gasteiger partial charge < -0.3 is 0 Å². The lowest BCUT2D eigenvalue weighted by molar-refractivity contribution is 0.315. The van der Waals surface area contributed by atoms with Crippen molar-refractivity contribution < 1.29 is 0 Å². The van der Waals surface area contributed by atoms with Gasteiger partial charge in [-0.25, -0.2) is 0 Å². The average molecular weight is 94.2 g/mol. The fourth-order valence-electron chi connectivity index (χ4n) is 2.94. The summed E-state index contributed by atoms with van der Waals surface area (Å²) in [5.41, 5.74) is 2.00. The molecule has 1 atom stereocenters. The first-order chi connectivity index (χ1) is 3.29. The van der Waals surface area contributed by atoms with Crippen LogP contribution in [0.2, 0.25) is 0 Å². The highest BCUT2D eigenvalue weighted by Gasteiger charge is 2.91. The van der Waals surface area contributed by atoms with Gasteiger partial charge >= 0.3 is 0 Å². The van der Waals surface area contributed by atoms with Crippen molar-refractivity contribution in [2.24, 2.45) is 16.7 Å². The molecule has 7 heavy (non-hydrogen) atoms. The highest BCUT2D eigenvalue weighted by molar-refractivity contribution is 5.39. The van der Waals surface area contributed by atoms with Crippen LogP contribution >= 0.6 is 0 Å². The zero-order valence-electron chi connectivity index (χ0n) is 4.70. The summed E-state index contributed by atoms with van der Waals surface area (Å²) in [6.45, 7) is 2.41. The van der Waals surface area contributed by atoms with Crippen molar-refractivity contribution in [1.29, 1.82) is 0 Å². The molecule has 0 heteroatoms. The lowest BCUT2D eigenvalue weighted by Gasteiger charge is -2.17. The molecule has 0 aromatic rings. The third-order valence-electron chi connectivity index (χ3n) is 3.75. The quantitative estimate of drug-likeness (QED) is 0.429. The van der Waals surface area contributed by atoms with Gasteiger partial charge in [-0.15, -0.1) is 0 Å². The summed E-state index contributed by atoms with van der Waals surface area (Å²) in [5, 5.41) is 0. The monoisotopic (exact) mass is 94.1 g/mol. The van der Waals surface area contributed by atoms with E-state index in [0.717, 1.165) is 16.7 Å². The minimum Gasteiger partial charge on any atom is -0.0619 e. The molecule has 3 fully saturated rings. The second kappa shape index (κ2) is 0.463. The van der Waals surface area contributed by atoms with Crippen LogP contribution < -0.4 is 0 Å². The molecule has 3 rings (SSSR count). The van der Waals surface area contributed by atoms with Crippen molar-refractivity contribution in [3.05, 3.63) is 0 Å². The summed E-state index contributed by atoms with van der Waals surface area (Å²) >= 11 is 0. The predicted octanol–water partition coefficient (Wildman–Crippen LogP) is 1.81. The Labute approximate surface area is 43.9 Å². The Kier molecular flexibility index (Phi) is 0.206. The van der Waals surface area contributed by atoms with E-state index in [1.807, 2.05) is 0 Å². The van der Waals surface area contributed by atoms with E-state index in [9.17, 15) is 0 Å². The second-order valence-corrected chi connectivity index (χ2v) is 3.90. The van der Waals surface area contributed by atoms with Gasteiger partial charge in [-0.05, 0) is 36.0 Å². The van der Waals surface area contributed by atoms with Crippen LogP contribution in [0.25, 0.3) is 0 Å². The molecule has 0 spiro atoms. The first-order valence-corrected chi connectivity index (χ1v) is 3.29. The number of hydrogen-bond donors (Lipinski definition) is 0. The van der Waals surface area contributed by atoms with Crippen LogP contribution in [-0.4, -0.2) is 0 Å². The maximum absolute atomic E-state index is 2.41. The first-order valence-electron chi connectivity index (χ1n) is 3.29. The third kappa shape index (κ3) is 0.122. The van der Waals surface area contributed by atoms with Gasteiger partial charge in [-0.3, -0.25) is 0 Å². The van der Waals surface area contributed by atoms with Gasteiger partial charge in [0.05, 0.1) is 0 Å². The fraction of sp³-hybridized carbons (Fsp3) is 1.00. The largest absolute Gasteiger partial charge is 0.0619 e. The molecule has 0 bridgehead atoms. The second-order valence-electron chi connectivity index (χ2n) is 3.90. The Morgan fingerprint density at radius 2 is 2.14 bits per heavy atom. The van der Waals surface area contributed by atoms with Crippen LogP contribution in [0.4, 0.5) is 0 Å². The molecular formula is C7H10. The minimum atomic E-state index is 0.993. The van der Waals surface area contributed by atoms with Crippen LogP contribution in [0.15, 0.2) is 0 Å². The molecule has 0 aromatic carbocycles. The lowest BCUT2D eigenvalue weighted by Crippen LogP contribution is -2.10. The zero-order valence-corrected chi connectivity index (χ0v) is 4.70. The van der Waals surface area contributed by atoms with E-state index in [-0.39, 0.29) is 0 Å². The van der Waals surface area contributed by atoms with Gasteiger partial charge in [0.15, 0.2) is 0 Å². The first kappa shape index (κ1) is 3.11. The standard InChI is InChI=1S/C7H10/c1-5-2-6-3-7(5,6)4-6/h5H,2-4H2,1H3. The molecular weight excluding hydrogens is 84.1 g/mol. The van der Waals surface area contributed by atoms with E-state index < -0.39 is 0 Å². The van der Waals surface area contributed by atoms with E-state index in [4.69, 9.17) is 0 Å². The number of hydrogen-bond acceptors (Lipinski definition) is 0. The van der Waals surface area contributed by atoms with Crippen LogP contribution in [0.3, 0.4) is 0 Å². The van der Waals surface area contributed by atoms with E-state index in [0.29, 0.717) is 0 Å². The van der Waals surface area contributed by atoms with Crippen molar-refractivity contribution >= 4 is 0 Å². The van der Waals surface area contributed by atoms with Crippen molar-refractivity contribution in [1.82, 2.24) is 0 Å². The molecule has 0 aliphatic heterocycles. The molecule has 0 nitrogen and oxygen atoms in total. The summed E-state index contributed by atoms with van der Waals surface area (Å²) in [5.74, 6) is 1.12. The van der Waals surface area contributed by atoms with Crippen molar-refractivity contribution in [2.45, 2.75) is 26.2 Å². The third-order valence-corrected chi connectivity index (χ3v) is 3.75. The Bertz CT molecular complexity index is 140. The Morgan fingerprint density at radius 1 is 1.43 bits per heavy atom. The van der Waals surface area contributed by atoms with Crippen LogP contribution in [-0.2, 0) is 0 Å². The zero-order chi connectivity index (χ0) is 4.70. The van der Waals surface area contributed by atoms with E-state index in [1.54, 1.807) is 19.3 Å². The molecule has 0 aromatic heterocycles. The van der Waals surface area contributed by atoms with Gasteiger partial charge in [0.25, 0.3) is 0 Å². The smallest absolute Gasteiger partial charge is 0.0204 e. The van der Waals surface area contributed by atoms with Crippen LogP contribution in [0.5, 0.6) is 0 Å². The molecule has 0 saturated heterocycles. The maximum atomic E-state index is 2.41. The van der Waals surface area contributed by atoms with Crippen LogP contribution in [0, 0.1) is 16.7 Å². The van der Waals surface area contributed by atoms with Crippen molar-refractivity contribution in [2.75, 3.05) is 0 Å². The van der Waals surface area contributed by atoms with Gasteiger partial charge in [-0.1, -0.05) is 6.92 Å². The minimum absolute atomic E-state index is 0.993. The van der Waals surface area contributed by atoms with Gasteiger partial charge in [0.1, 0.15) is 0 Å². The Balaban J connectivity index is 2.14. The maximum Gasteiger partial charge on any atom is -0.0204 e. The Morgan fingerprint density at radius 3 is 2.14 bits per heavy atom.